The number of carboxylic acids is 1. The summed E-state index contributed by atoms with van der Waals surface area (Å²) in [6, 6.07) is 0.905. The van der Waals surface area contributed by atoms with Crippen LogP contribution in [-0.4, -0.2) is 45.7 Å². The van der Waals surface area contributed by atoms with Crippen LogP contribution < -0.4 is 0 Å². The molecule has 0 aliphatic rings. The van der Waals surface area contributed by atoms with Gasteiger partial charge >= 0.3 is 18.2 Å². The number of pyridine rings is 1. The maximum absolute atomic E-state index is 12.5. The van der Waals surface area contributed by atoms with Gasteiger partial charge in [0.15, 0.2) is 0 Å². The summed E-state index contributed by atoms with van der Waals surface area (Å²) in [6.45, 7) is 4.97. The molecule has 0 aliphatic heterocycles. The molecule has 0 spiro atoms. The highest BCUT2D eigenvalue weighted by molar-refractivity contribution is 5.80. The summed E-state index contributed by atoms with van der Waals surface area (Å²) < 4.78 is 42.5. The predicted octanol–water partition coefficient (Wildman–Crippen LogP) is 3.35. The number of hydrogen-bond acceptors (Lipinski definition) is 4. The van der Waals surface area contributed by atoms with Crippen molar-refractivity contribution in [3.63, 3.8) is 0 Å². The highest BCUT2D eigenvalue weighted by Crippen LogP contribution is 2.27. The minimum Gasteiger partial charge on any atom is -0.480 e. The molecule has 1 aromatic heterocycles. The number of carbonyl (C=O) groups excluding carboxylic acids is 1. The van der Waals surface area contributed by atoms with Crippen LogP contribution in [0.25, 0.3) is 0 Å². The standard InChI is InChI=1S/C16H21F3N2O4/c1-15(2,3)25-14(24)21(4)11(13(22)23)7-5-10-6-8-12(20-9-10)16(17,18)19/h6,8-9,11H,5,7H2,1-4H3,(H,22,23)/t11-/m0/s1. The molecule has 1 atom stereocenters. The Bertz CT molecular complexity index is 609. The molecule has 1 N–H and O–H groups in total. The van der Waals surface area contributed by atoms with Gasteiger partial charge in [0.25, 0.3) is 0 Å². The molecule has 140 valence electrons. The monoisotopic (exact) mass is 362 g/mol. The van der Waals surface area contributed by atoms with E-state index in [1.54, 1.807) is 20.8 Å². The number of amides is 1. The third-order valence-corrected chi connectivity index (χ3v) is 3.26. The lowest BCUT2D eigenvalue weighted by atomic mass is 10.1. The van der Waals surface area contributed by atoms with E-state index in [1.165, 1.54) is 13.1 Å². The van der Waals surface area contributed by atoms with E-state index in [9.17, 15) is 27.9 Å². The molecule has 25 heavy (non-hydrogen) atoms. The van der Waals surface area contributed by atoms with Gasteiger partial charge in [0.1, 0.15) is 17.3 Å². The van der Waals surface area contributed by atoms with Crippen LogP contribution in [0.15, 0.2) is 18.3 Å². The van der Waals surface area contributed by atoms with Crippen LogP contribution in [0, 0.1) is 0 Å². The van der Waals surface area contributed by atoms with Gasteiger partial charge in [-0.2, -0.15) is 13.2 Å². The normalized spacial score (nSPS) is 13.2. The fourth-order valence-corrected chi connectivity index (χ4v) is 1.99. The highest BCUT2D eigenvalue weighted by Gasteiger charge is 2.32. The van der Waals surface area contributed by atoms with Crippen molar-refractivity contribution in [2.24, 2.45) is 0 Å². The van der Waals surface area contributed by atoms with Gasteiger partial charge in [0, 0.05) is 13.2 Å². The smallest absolute Gasteiger partial charge is 0.433 e. The Hall–Kier alpha value is -2.32. The SMILES string of the molecule is CN(C(=O)OC(C)(C)C)[C@@H](CCc1ccc(C(F)(F)F)nc1)C(=O)O. The Morgan fingerprint density at radius 3 is 2.28 bits per heavy atom. The number of ether oxygens (including phenoxy) is 1. The molecule has 1 amide bonds. The molecule has 9 heteroatoms. The third-order valence-electron chi connectivity index (χ3n) is 3.26. The average molecular weight is 362 g/mol. The third kappa shape index (κ3) is 6.60. The second kappa shape index (κ2) is 7.71. The molecule has 0 saturated carbocycles. The molecule has 0 fully saturated rings. The number of likely N-dealkylation sites (N-methyl/N-ethyl adjacent to an activating group) is 1. The van der Waals surface area contributed by atoms with Crippen LogP contribution in [0.4, 0.5) is 18.0 Å². The van der Waals surface area contributed by atoms with Crippen molar-refractivity contribution in [2.45, 2.75) is 51.4 Å². The number of halogens is 3. The van der Waals surface area contributed by atoms with E-state index in [2.05, 4.69) is 4.98 Å². The topological polar surface area (TPSA) is 79.7 Å². The van der Waals surface area contributed by atoms with Gasteiger partial charge < -0.3 is 9.84 Å². The van der Waals surface area contributed by atoms with E-state index in [0.29, 0.717) is 5.56 Å². The van der Waals surface area contributed by atoms with Crippen LogP contribution >= 0.6 is 0 Å². The first-order valence-electron chi connectivity index (χ1n) is 7.52. The number of aromatic nitrogens is 1. The average Bonchev–Trinajstić information content (AvgIpc) is 2.44. The second-order valence-electron chi connectivity index (χ2n) is 6.53. The van der Waals surface area contributed by atoms with E-state index in [0.717, 1.165) is 17.2 Å². The van der Waals surface area contributed by atoms with Crippen molar-refractivity contribution in [1.82, 2.24) is 9.88 Å². The van der Waals surface area contributed by atoms with Crippen LogP contribution in [0.2, 0.25) is 0 Å². The zero-order valence-corrected chi connectivity index (χ0v) is 14.4. The van der Waals surface area contributed by atoms with Gasteiger partial charge in [-0.1, -0.05) is 6.07 Å². The number of aliphatic carboxylic acids is 1. The molecule has 1 rings (SSSR count). The van der Waals surface area contributed by atoms with Gasteiger partial charge in [-0.25, -0.2) is 9.59 Å². The van der Waals surface area contributed by atoms with Gasteiger partial charge in [0.05, 0.1) is 0 Å². The lowest BCUT2D eigenvalue weighted by Crippen LogP contribution is -2.45. The number of carbonyl (C=O) groups is 2. The molecule has 1 aromatic rings. The molecule has 0 unspecified atom stereocenters. The van der Waals surface area contributed by atoms with Crippen molar-refractivity contribution < 1.29 is 32.6 Å². The second-order valence-corrected chi connectivity index (χ2v) is 6.53. The minimum atomic E-state index is -4.53. The number of alkyl halides is 3. The van der Waals surface area contributed by atoms with Crippen molar-refractivity contribution in [2.75, 3.05) is 7.05 Å². The molecule has 0 radical (unpaired) electrons. The Morgan fingerprint density at radius 2 is 1.88 bits per heavy atom. The van der Waals surface area contributed by atoms with Crippen LogP contribution in [0.1, 0.15) is 38.4 Å². The maximum atomic E-state index is 12.5. The molecule has 0 aliphatic carbocycles. The lowest BCUT2D eigenvalue weighted by Gasteiger charge is -2.28. The van der Waals surface area contributed by atoms with Crippen molar-refractivity contribution >= 4 is 12.1 Å². The van der Waals surface area contributed by atoms with Gasteiger partial charge in [0.2, 0.25) is 0 Å². The summed E-state index contributed by atoms with van der Waals surface area (Å²) in [5.74, 6) is -1.23. The van der Waals surface area contributed by atoms with Crippen LogP contribution in [0.3, 0.4) is 0 Å². The van der Waals surface area contributed by atoms with E-state index in [4.69, 9.17) is 4.74 Å². The predicted molar refractivity (Wildman–Crippen MR) is 83.0 cm³/mol. The first-order chi connectivity index (χ1) is 11.3. The van der Waals surface area contributed by atoms with Crippen molar-refractivity contribution in [3.05, 3.63) is 29.6 Å². The molecule has 0 bridgehead atoms. The summed E-state index contributed by atoms with van der Waals surface area (Å²) in [5.41, 5.74) is -1.35. The quantitative estimate of drug-likeness (QED) is 0.869. The molecule has 0 saturated heterocycles. The number of carboxylic acid groups (broad SMARTS) is 1. The summed E-state index contributed by atoms with van der Waals surface area (Å²) in [5, 5.41) is 9.31. The molecular formula is C16H21F3N2O4. The number of aryl methyl sites for hydroxylation is 1. The van der Waals surface area contributed by atoms with Gasteiger partial charge in [-0.15, -0.1) is 0 Å². The summed E-state index contributed by atoms with van der Waals surface area (Å²) >= 11 is 0. The largest absolute Gasteiger partial charge is 0.480 e. The van der Waals surface area contributed by atoms with E-state index < -0.39 is 35.6 Å². The zero-order valence-electron chi connectivity index (χ0n) is 14.4. The minimum absolute atomic E-state index is 0.0120. The van der Waals surface area contributed by atoms with Crippen LogP contribution in [-0.2, 0) is 22.1 Å². The maximum Gasteiger partial charge on any atom is 0.433 e. The Kier molecular flexibility index (Phi) is 6.39. The summed E-state index contributed by atoms with van der Waals surface area (Å²) in [6.07, 6.45) is -4.10. The van der Waals surface area contributed by atoms with Gasteiger partial charge in [-0.3, -0.25) is 9.88 Å². The van der Waals surface area contributed by atoms with Crippen LogP contribution in [0.5, 0.6) is 0 Å². The Labute approximate surface area is 143 Å². The zero-order chi connectivity index (χ0) is 19.4. The molecule has 0 aromatic carbocycles. The number of rotatable bonds is 5. The van der Waals surface area contributed by atoms with Gasteiger partial charge in [-0.05, 0) is 45.2 Å². The molecular weight excluding hydrogens is 341 g/mol. The first-order valence-corrected chi connectivity index (χ1v) is 7.52. The first kappa shape index (κ1) is 20.7. The highest BCUT2D eigenvalue weighted by atomic mass is 19.4. The number of nitrogens with zero attached hydrogens (tertiary/aromatic N) is 2. The van der Waals surface area contributed by atoms with Crippen molar-refractivity contribution in [1.29, 1.82) is 0 Å². The lowest BCUT2D eigenvalue weighted by molar-refractivity contribution is -0.143. The van der Waals surface area contributed by atoms with Crippen molar-refractivity contribution in [3.8, 4) is 0 Å². The fraction of sp³-hybridized carbons (Fsp3) is 0.562. The Balaban J connectivity index is 2.76. The molecule has 6 nitrogen and oxygen atoms in total. The van der Waals surface area contributed by atoms with E-state index in [-0.39, 0.29) is 12.8 Å². The fourth-order valence-electron chi connectivity index (χ4n) is 1.99. The molecule has 1 heterocycles. The number of hydrogen-bond donors (Lipinski definition) is 1. The Morgan fingerprint density at radius 1 is 1.28 bits per heavy atom. The summed E-state index contributed by atoms with van der Waals surface area (Å²) in [7, 11) is 1.30. The van der Waals surface area contributed by atoms with E-state index >= 15 is 0 Å². The summed E-state index contributed by atoms with van der Waals surface area (Å²) in [4.78, 5) is 27.7. The van der Waals surface area contributed by atoms with E-state index in [1.807, 2.05) is 0 Å².